The lowest BCUT2D eigenvalue weighted by Gasteiger charge is -2.38. The number of halogens is 1. The van der Waals surface area contributed by atoms with E-state index in [0.29, 0.717) is 23.4 Å². The van der Waals surface area contributed by atoms with Crippen LogP contribution in [0.15, 0.2) is 53.5 Å². The molecule has 9 nitrogen and oxygen atoms in total. The number of fused-ring (bicyclic) bond motifs is 1. The number of methoxy groups -OCH3 is 1. The van der Waals surface area contributed by atoms with Crippen LogP contribution in [0, 0.1) is 0 Å². The van der Waals surface area contributed by atoms with Crippen molar-refractivity contribution >= 4 is 40.4 Å². The monoisotopic (exact) mass is 468 g/mol. The zero-order valence-electron chi connectivity index (χ0n) is 17.8. The smallest absolute Gasteiger partial charge is 0.328 e. The van der Waals surface area contributed by atoms with Gasteiger partial charge >= 0.3 is 5.97 Å². The predicted octanol–water partition coefficient (Wildman–Crippen LogP) is 1.75. The standard InChI is InChI=1S/C23H21ClN4O5/c1-33-23(32)18-8-10-27(18)19(29)13-28-20-15(3-2-9-25-20)11-17(22(28)31)21(30)26-12-14-4-6-16(24)7-5-14/h2-7,9,11,18H,8,10,12-13H2,1H3,(H,26,30). The van der Waals surface area contributed by atoms with Crippen LogP contribution in [-0.4, -0.2) is 51.9 Å². The molecule has 4 rings (SSSR count). The molecule has 170 valence electrons. The highest BCUT2D eigenvalue weighted by molar-refractivity contribution is 6.30. The van der Waals surface area contributed by atoms with Crippen molar-refractivity contribution in [3.8, 4) is 0 Å². The molecule has 1 aliphatic heterocycles. The molecule has 1 N–H and O–H groups in total. The highest BCUT2D eigenvalue weighted by atomic mass is 35.5. The van der Waals surface area contributed by atoms with E-state index in [1.54, 1.807) is 36.4 Å². The van der Waals surface area contributed by atoms with Gasteiger partial charge in [-0.05, 0) is 42.3 Å². The fourth-order valence-electron chi connectivity index (χ4n) is 3.69. The average Bonchev–Trinajstić information content (AvgIpc) is 2.79. The predicted molar refractivity (Wildman–Crippen MR) is 121 cm³/mol. The second kappa shape index (κ2) is 9.41. The van der Waals surface area contributed by atoms with Gasteiger partial charge in [0.15, 0.2) is 0 Å². The quantitative estimate of drug-likeness (QED) is 0.552. The second-order valence-electron chi connectivity index (χ2n) is 7.59. The summed E-state index contributed by atoms with van der Waals surface area (Å²) in [4.78, 5) is 56.3. The number of nitrogens with one attached hydrogen (secondary N) is 1. The van der Waals surface area contributed by atoms with E-state index in [0.717, 1.165) is 5.56 Å². The topological polar surface area (TPSA) is 111 Å². The van der Waals surface area contributed by atoms with Gasteiger partial charge in [0.05, 0.1) is 7.11 Å². The van der Waals surface area contributed by atoms with E-state index in [2.05, 4.69) is 10.3 Å². The number of rotatable bonds is 6. The number of likely N-dealkylation sites (tertiary alicyclic amines) is 1. The lowest BCUT2D eigenvalue weighted by Crippen LogP contribution is -2.56. The first-order chi connectivity index (χ1) is 15.9. The molecule has 0 aliphatic carbocycles. The number of amides is 2. The SMILES string of the molecule is COC(=O)C1CCN1C(=O)Cn1c(=O)c(C(=O)NCc2ccc(Cl)cc2)cc2cccnc21. The number of pyridine rings is 2. The van der Waals surface area contributed by atoms with Crippen LogP contribution in [0.3, 0.4) is 0 Å². The Kier molecular flexibility index (Phi) is 6.41. The third kappa shape index (κ3) is 4.58. The maximum Gasteiger partial charge on any atom is 0.328 e. The van der Waals surface area contributed by atoms with Gasteiger partial charge in [0.2, 0.25) is 5.91 Å². The maximum absolute atomic E-state index is 13.2. The van der Waals surface area contributed by atoms with Gasteiger partial charge in [0.1, 0.15) is 23.8 Å². The van der Waals surface area contributed by atoms with Gasteiger partial charge in [-0.2, -0.15) is 0 Å². The summed E-state index contributed by atoms with van der Waals surface area (Å²) in [5.41, 5.74) is 0.348. The van der Waals surface area contributed by atoms with Crippen molar-refractivity contribution in [2.45, 2.75) is 25.6 Å². The molecule has 2 amide bonds. The molecule has 0 saturated carbocycles. The van der Waals surface area contributed by atoms with Crippen LogP contribution in [0.2, 0.25) is 5.02 Å². The van der Waals surface area contributed by atoms with Crippen LogP contribution in [0.4, 0.5) is 0 Å². The van der Waals surface area contributed by atoms with Crippen molar-refractivity contribution in [1.82, 2.24) is 19.8 Å². The molecular formula is C23H21ClN4O5. The summed E-state index contributed by atoms with van der Waals surface area (Å²) in [6.45, 7) is 0.242. The molecule has 3 aromatic rings. The van der Waals surface area contributed by atoms with E-state index in [1.165, 1.54) is 28.8 Å². The molecule has 1 fully saturated rings. The Morgan fingerprint density at radius 2 is 1.97 bits per heavy atom. The number of hydrogen-bond donors (Lipinski definition) is 1. The minimum Gasteiger partial charge on any atom is -0.467 e. The van der Waals surface area contributed by atoms with Crippen LogP contribution in [0.25, 0.3) is 11.0 Å². The summed E-state index contributed by atoms with van der Waals surface area (Å²) < 4.78 is 5.89. The third-order valence-corrected chi connectivity index (χ3v) is 5.82. The zero-order valence-corrected chi connectivity index (χ0v) is 18.5. The van der Waals surface area contributed by atoms with Crippen LogP contribution < -0.4 is 10.9 Å². The van der Waals surface area contributed by atoms with Crippen molar-refractivity contribution < 1.29 is 19.1 Å². The summed E-state index contributed by atoms with van der Waals surface area (Å²) in [5, 5.41) is 3.84. The van der Waals surface area contributed by atoms with Crippen molar-refractivity contribution in [2.75, 3.05) is 13.7 Å². The minimum absolute atomic E-state index is 0.106. The number of ether oxygens (including phenoxy) is 1. The number of hydrogen-bond acceptors (Lipinski definition) is 6. The first kappa shape index (κ1) is 22.5. The Morgan fingerprint density at radius 1 is 1.21 bits per heavy atom. The number of carbonyl (C=O) groups is 3. The number of benzene rings is 1. The molecule has 1 aromatic carbocycles. The van der Waals surface area contributed by atoms with Crippen LogP contribution >= 0.6 is 11.6 Å². The van der Waals surface area contributed by atoms with Crippen molar-refractivity contribution in [3.63, 3.8) is 0 Å². The van der Waals surface area contributed by atoms with Crippen LogP contribution in [0.1, 0.15) is 22.3 Å². The Bertz CT molecular complexity index is 1290. The van der Waals surface area contributed by atoms with E-state index in [-0.39, 0.29) is 24.3 Å². The molecule has 1 aliphatic rings. The van der Waals surface area contributed by atoms with E-state index in [1.807, 2.05) is 0 Å². The molecule has 0 spiro atoms. The van der Waals surface area contributed by atoms with E-state index >= 15 is 0 Å². The fraction of sp³-hybridized carbons (Fsp3) is 0.261. The molecule has 3 heterocycles. The Balaban J connectivity index is 1.61. The van der Waals surface area contributed by atoms with E-state index in [9.17, 15) is 19.2 Å². The molecule has 0 radical (unpaired) electrons. The molecule has 2 aromatic heterocycles. The number of nitrogens with zero attached hydrogens (tertiary/aromatic N) is 3. The Labute approximate surface area is 193 Å². The van der Waals surface area contributed by atoms with Gasteiger partial charge in [-0.3, -0.25) is 19.0 Å². The lowest BCUT2D eigenvalue weighted by atomic mass is 10.0. The van der Waals surface area contributed by atoms with Crippen molar-refractivity contribution in [2.24, 2.45) is 0 Å². The highest BCUT2D eigenvalue weighted by Gasteiger charge is 2.38. The van der Waals surface area contributed by atoms with Gasteiger partial charge in [-0.25, -0.2) is 9.78 Å². The Hall–Kier alpha value is -3.72. The largest absolute Gasteiger partial charge is 0.467 e. The number of carbonyl (C=O) groups excluding carboxylic acids is 3. The van der Waals surface area contributed by atoms with Gasteiger partial charge in [-0.15, -0.1) is 0 Å². The summed E-state index contributed by atoms with van der Waals surface area (Å²) in [5.74, 6) is -1.50. The van der Waals surface area contributed by atoms with Crippen LogP contribution in [0.5, 0.6) is 0 Å². The number of aromatic nitrogens is 2. The molecule has 33 heavy (non-hydrogen) atoms. The summed E-state index contributed by atoms with van der Waals surface area (Å²) in [6.07, 6.45) is 2.00. The van der Waals surface area contributed by atoms with Crippen molar-refractivity contribution in [3.05, 3.63) is 75.2 Å². The summed E-state index contributed by atoms with van der Waals surface area (Å²) in [6, 6.07) is 11.1. The fourth-order valence-corrected chi connectivity index (χ4v) is 3.81. The maximum atomic E-state index is 13.2. The highest BCUT2D eigenvalue weighted by Crippen LogP contribution is 2.20. The third-order valence-electron chi connectivity index (χ3n) is 5.57. The molecule has 10 heteroatoms. The summed E-state index contributed by atoms with van der Waals surface area (Å²) in [7, 11) is 1.26. The zero-order chi connectivity index (χ0) is 23.5. The lowest BCUT2D eigenvalue weighted by molar-refractivity contribution is -0.160. The van der Waals surface area contributed by atoms with Gasteiger partial charge in [0.25, 0.3) is 11.5 Å². The average molecular weight is 469 g/mol. The van der Waals surface area contributed by atoms with E-state index in [4.69, 9.17) is 16.3 Å². The van der Waals surface area contributed by atoms with Crippen molar-refractivity contribution in [1.29, 1.82) is 0 Å². The first-order valence-corrected chi connectivity index (χ1v) is 10.7. The summed E-state index contributed by atoms with van der Waals surface area (Å²) >= 11 is 5.88. The van der Waals surface area contributed by atoms with Crippen LogP contribution in [-0.2, 0) is 27.4 Å². The van der Waals surface area contributed by atoms with Gasteiger partial charge in [-0.1, -0.05) is 23.7 Å². The molecule has 1 unspecified atom stereocenters. The second-order valence-corrected chi connectivity index (χ2v) is 8.03. The van der Waals surface area contributed by atoms with E-state index < -0.39 is 29.4 Å². The number of esters is 1. The first-order valence-electron chi connectivity index (χ1n) is 10.3. The molecular weight excluding hydrogens is 448 g/mol. The molecule has 1 saturated heterocycles. The normalized spacial score (nSPS) is 15.1. The minimum atomic E-state index is -0.664. The molecule has 1 atom stereocenters. The van der Waals surface area contributed by atoms with Gasteiger partial charge < -0.3 is 15.0 Å². The van der Waals surface area contributed by atoms with Gasteiger partial charge in [0, 0.05) is 29.7 Å². The molecule has 0 bridgehead atoms. The Morgan fingerprint density at radius 3 is 2.64 bits per heavy atom.